The zero-order chi connectivity index (χ0) is 75.9. The van der Waals surface area contributed by atoms with Crippen molar-refractivity contribution in [3.05, 3.63) is 108 Å². The first-order chi connectivity index (χ1) is 50.6. The van der Waals surface area contributed by atoms with Gasteiger partial charge in [0.1, 0.15) is 20.2 Å². The molecule has 0 unspecified atom stereocenters. The Labute approximate surface area is 671 Å². The molecule has 0 aliphatic rings. The molecule has 0 heterocycles. The summed E-state index contributed by atoms with van der Waals surface area (Å²) in [4.78, 5) is 50.1. The van der Waals surface area contributed by atoms with Gasteiger partial charge >= 0.3 is 61.6 Å². The van der Waals surface area contributed by atoms with Gasteiger partial charge < -0.3 is 28.1 Å². The molecule has 14 nitrogen and oxygen atoms in total. The second-order valence-electron chi connectivity index (χ2n) is 29.0. The van der Waals surface area contributed by atoms with Crippen LogP contribution in [-0.4, -0.2) is 87.6 Å². The quantitative estimate of drug-likeness (QED) is 0.0150. The van der Waals surface area contributed by atoms with Gasteiger partial charge in [-0.25, -0.2) is 36.0 Å². The third-order valence-electron chi connectivity index (χ3n) is 19.4. The maximum Gasteiger partial charge on any atom is 2.00 e. The van der Waals surface area contributed by atoms with Gasteiger partial charge in [-0.3, -0.25) is 0 Å². The van der Waals surface area contributed by atoms with E-state index < -0.39 is 53.9 Å². The monoisotopic (exact) mass is 1530 g/mol. The van der Waals surface area contributed by atoms with Gasteiger partial charge in [0.25, 0.3) is 0 Å². The maximum atomic E-state index is 12.8. The van der Waals surface area contributed by atoms with Crippen LogP contribution in [0.15, 0.2) is 95.5 Å². The minimum atomic E-state index is -4.84. The molecule has 105 heavy (non-hydrogen) atoms. The van der Waals surface area contributed by atoms with E-state index in [4.69, 9.17) is 18.9 Å². The summed E-state index contributed by atoms with van der Waals surface area (Å²) in [5.74, 6) is -3.52. The average molecular weight is 1530 g/mol. The van der Waals surface area contributed by atoms with Crippen molar-refractivity contribution >= 4 is 81.9 Å². The van der Waals surface area contributed by atoms with E-state index in [-0.39, 0.29) is 60.0 Å². The van der Waals surface area contributed by atoms with E-state index in [9.17, 15) is 45.1 Å². The Morgan fingerprint density at radius 1 is 0.257 bits per heavy atom. The summed E-state index contributed by atoms with van der Waals surface area (Å²) in [6.45, 7) is 9.02. The summed E-state index contributed by atoms with van der Waals surface area (Å²) in [5.41, 5.74) is -0.996. The molecular weight excluding hydrogens is 1390 g/mol. The molecule has 17 heteroatoms. The summed E-state index contributed by atoms with van der Waals surface area (Å²) in [5, 5.41) is 0. The van der Waals surface area contributed by atoms with Crippen LogP contribution < -0.4 is 0 Å². The first kappa shape index (κ1) is 101. The van der Waals surface area contributed by atoms with Crippen LogP contribution in [0.5, 0.6) is 0 Å². The second-order valence-corrected chi connectivity index (χ2v) is 31.7. The van der Waals surface area contributed by atoms with Gasteiger partial charge in [-0.1, -0.05) is 362 Å². The third kappa shape index (κ3) is 60.8. The summed E-state index contributed by atoms with van der Waals surface area (Å²) in [7, 11) is -9.68. The van der Waals surface area contributed by atoms with Crippen molar-refractivity contribution in [1.29, 1.82) is 0 Å². The molecule has 0 N–H and O–H groups in total. The van der Waals surface area contributed by atoms with Crippen LogP contribution in [0.25, 0.3) is 0 Å². The number of allylic oxidation sites excluding steroid dienone is 4. The van der Waals surface area contributed by atoms with Crippen LogP contribution in [0.1, 0.15) is 454 Å². The molecule has 596 valence electrons. The van der Waals surface area contributed by atoms with Crippen LogP contribution >= 0.6 is 0 Å². The van der Waals surface area contributed by atoms with Crippen molar-refractivity contribution < 1.29 is 64.1 Å². The van der Waals surface area contributed by atoms with Crippen LogP contribution in [-0.2, 0) is 39.2 Å². The van der Waals surface area contributed by atoms with Crippen LogP contribution in [0.4, 0.5) is 0 Å². The standard InChI is InChI=1S/2C44H74O7S.Ca/c2*1-3-5-7-9-11-13-15-17-19-21-23-25-27-29-31-33-37-50-43(45)41-36-35-40(52(47,48)49)39-42(41)44(46)51-38-34-32-30-28-26-24-22-20-18-16-14-12-10-8-6-4-2;/h2*33-39H,3-32H2,1-2H3,(H,47,48,49);/q;;+2/p-2/b2*37-33+,38-34+;. The topological polar surface area (TPSA) is 220 Å². The van der Waals surface area contributed by atoms with Crippen LogP contribution in [0, 0.1) is 0 Å². The molecule has 0 saturated heterocycles. The number of benzene rings is 2. The number of esters is 4. The molecule has 0 radical (unpaired) electrons. The first-order valence-corrected chi connectivity index (χ1v) is 45.1. The molecule has 0 aromatic heterocycles. The van der Waals surface area contributed by atoms with E-state index in [1.807, 2.05) is 0 Å². The Kier molecular flexibility index (Phi) is 70.6. The molecule has 0 aliphatic heterocycles. The van der Waals surface area contributed by atoms with E-state index in [0.717, 1.165) is 113 Å². The zero-order valence-corrected chi connectivity index (χ0v) is 70.6. The van der Waals surface area contributed by atoms with Gasteiger partial charge in [0, 0.05) is 0 Å². The summed E-state index contributed by atoms with van der Waals surface area (Å²) in [6, 6.07) is 5.98. The SMILES string of the molecule is CCCCCCCCCCCCCCCC/C=C/OC(=O)c1ccc(S(=O)(=O)[O-])cc1C(=O)O/C=C/CCCCCCCCCCCCCCCC.CCCCCCCCCCCCCCCC/C=C/OC(=O)c1ccc(S(=O)(=O)[O-])cc1C(=O)O/C=C/CCCCCCCCCCCCCCCC.[Ca+2]. The van der Waals surface area contributed by atoms with Crippen LogP contribution in [0.2, 0.25) is 0 Å². The molecule has 0 atom stereocenters. The molecule has 2 aromatic carbocycles. The number of ether oxygens (including phenoxy) is 4. The Morgan fingerprint density at radius 3 is 0.571 bits per heavy atom. The van der Waals surface area contributed by atoms with Crippen molar-refractivity contribution in [2.45, 2.75) is 423 Å². The summed E-state index contributed by atoms with van der Waals surface area (Å²) >= 11 is 0. The summed E-state index contributed by atoms with van der Waals surface area (Å²) in [6.07, 6.45) is 87.1. The van der Waals surface area contributed by atoms with Gasteiger partial charge in [-0.2, -0.15) is 0 Å². The Hall–Kier alpha value is -3.64. The van der Waals surface area contributed by atoms with Crippen molar-refractivity contribution in [2.24, 2.45) is 0 Å². The molecule has 0 bridgehead atoms. The third-order valence-corrected chi connectivity index (χ3v) is 21.1. The first-order valence-electron chi connectivity index (χ1n) is 42.3. The normalized spacial score (nSPS) is 11.8. The molecule has 2 rings (SSSR count). The van der Waals surface area contributed by atoms with Crippen molar-refractivity contribution in [1.82, 2.24) is 0 Å². The van der Waals surface area contributed by atoms with Gasteiger partial charge in [0.2, 0.25) is 0 Å². The van der Waals surface area contributed by atoms with Gasteiger partial charge in [0.15, 0.2) is 0 Å². The molecule has 0 fully saturated rings. The van der Waals surface area contributed by atoms with Crippen LogP contribution in [0.3, 0.4) is 0 Å². The zero-order valence-electron chi connectivity index (χ0n) is 66.7. The minimum absolute atomic E-state index is 0. The van der Waals surface area contributed by atoms with Crippen molar-refractivity contribution in [2.75, 3.05) is 0 Å². The predicted octanol–water partition coefficient (Wildman–Crippen LogP) is 27.0. The fourth-order valence-corrected chi connectivity index (χ4v) is 13.8. The Balaban J connectivity index is 0.00000204. The smallest absolute Gasteiger partial charge is 0.744 e. The van der Waals surface area contributed by atoms with E-state index in [1.54, 1.807) is 24.3 Å². The van der Waals surface area contributed by atoms with Crippen molar-refractivity contribution in [3.63, 3.8) is 0 Å². The van der Waals surface area contributed by atoms with Gasteiger partial charge in [0.05, 0.1) is 57.1 Å². The molecule has 0 spiro atoms. The van der Waals surface area contributed by atoms with Gasteiger partial charge in [-0.05, 0) is 112 Å². The molecule has 0 saturated carbocycles. The number of hydrogen-bond acceptors (Lipinski definition) is 14. The number of carbonyl (C=O) groups is 4. The number of rotatable bonds is 70. The maximum absolute atomic E-state index is 12.8. The largest absolute Gasteiger partial charge is 2.00 e. The average Bonchev–Trinajstić information content (AvgIpc) is 0.816. The van der Waals surface area contributed by atoms with E-state index in [2.05, 4.69) is 27.7 Å². The molecular formula is C88H146CaO14S2. The number of unbranched alkanes of at least 4 members (excludes halogenated alkanes) is 56. The van der Waals surface area contributed by atoms with Crippen molar-refractivity contribution in [3.8, 4) is 0 Å². The Morgan fingerprint density at radius 2 is 0.410 bits per heavy atom. The molecule has 0 aliphatic carbocycles. The number of carbonyl (C=O) groups excluding carboxylic acids is 4. The van der Waals surface area contributed by atoms with E-state index >= 15 is 0 Å². The fourth-order valence-electron chi connectivity index (χ4n) is 12.8. The van der Waals surface area contributed by atoms with E-state index in [1.165, 1.54) is 333 Å². The summed E-state index contributed by atoms with van der Waals surface area (Å²) < 4.78 is 90.5. The predicted molar refractivity (Wildman–Crippen MR) is 433 cm³/mol. The minimum Gasteiger partial charge on any atom is -0.744 e. The Bertz CT molecular complexity index is 2610. The fraction of sp³-hybridized carbons (Fsp3) is 0.727. The number of hydrogen-bond donors (Lipinski definition) is 0. The molecule has 0 amide bonds. The molecule has 2 aromatic rings. The second kappa shape index (κ2) is 73.2. The van der Waals surface area contributed by atoms with E-state index in [0.29, 0.717) is 0 Å². The van der Waals surface area contributed by atoms with Gasteiger partial charge in [-0.15, -0.1) is 0 Å².